The average Bonchev–Trinajstić information content (AvgIpc) is 2.85. The molecule has 0 fully saturated rings. The van der Waals surface area contributed by atoms with E-state index in [-0.39, 0.29) is 0 Å². The lowest BCUT2D eigenvalue weighted by Gasteiger charge is -2.17. The van der Waals surface area contributed by atoms with Gasteiger partial charge in [-0.15, -0.1) is 6.58 Å². The van der Waals surface area contributed by atoms with Gasteiger partial charge >= 0.3 is 0 Å². The summed E-state index contributed by atoms with van der Waals surface area (Å²) in [6.45, 7) is 5.22. The van der Waals surface area contributed by atoms with Crippen LogP contribution in [0.4, 0.5) is 0 Å². The van der Waals surface area contributed by atoms with Crippen LogP contribution in [0, 0.1) is 0 Å². The highest BCUT2D eigenvalue weighted by Crippen LogP contribution is 2.43. The summed E-state index contributed by atoms with van der Waals surface area (Å²) in [6, 6.07) is 2.01. The van der Waals surface area contributed by atoms with Gasteiger partial charge in [-0.25, -0.2) is 0 Å². The maximum atomic E-state index is 8.61. The number of rotatable bonds is 6. The van der Waals surface area contributed by atoms with E-state index in [1.165, 1.54) is 5.56 Å². The number of hydrogen-bond acceptors (Lipinski definition) is 4. The van der Waals surface area contributed by atoms with E-state index >= 15 is 0 Å². The van der Waals surface area contributed by atoms with Gasteiger partial charge in [-0.2, -0.15) is 0 Å². The van der Waals surface area contributed by atoms with Crippen LogP contribution < -0.4 is 14.2 Å². The third-order valence-corrected chi connectivity index (χ3v) is 3.87. The minimum Gasteiger partial charge on any atom is -0.513 e. The summed E-state index contributed by atoms with van der Waals surface area (Å²) in [5, 5.41) is 8.61. The molecule has 0 heterocycles. The fraction of sp³-hybridized carbons (Fsp3) is 0.429. The number of fused-ring (bicyclic) bond motifs is 1. The molecule has 0 aromatic heterocycles. The molecular weight excluding hydrogens is 316 g/mol. The van der Waals surface area contributed by atoms with Crippen molar-refractivity contribution < 1.29 is 19.3 Å². The molecule has 0 unspecified atom stereocenters. The Morgan fingerprint density at radius 1 is 1.16 bits per heavy atom. The Labute approximate surface area is 151 Å². The normalized spacial score (nSPS) is 13.0. The lowest BCUT2D eigenvalue weighted by Crippen LogP contribution is -2.01. The predicted octanol–water partition coefficient (Wildman–Crippen LogP) is 5.48. The highest BCUT2D eigenvalue weighted by Gasteiger charge is 2.19. The minimum atomic E-state index is 0.395. The van der Waals surface area contributed by atoms with Gasteiger partial charge in [0.2, 0.25) is 5.75 Å². The molecular formula is C21H30O4. The Morgan fingerprint density at radius 2 is 1.88 bits per heavy atom. The van der Waals surface area contributed by atoms with Gasteiger partial charge in [0.05, 0.1) is 27.1 Å². The van der Waals surface area contributed by atoms with E-state index in [2.05, 4.69) is 18.7 Å². The van der Waals surface area contributed by atoms with Gasteiger partial charge in [-0.05, 0) is 56.7 Å². The second kappa shape index (κ2) is 11.2. The van der Waals surface area contributed by atoms with E-state index in [9.17, 15) is 0 Å². The number of hydrogen-bond donors (Lipinski definition) is 1. The third kappa shape index (κ3) is 6.22. The molecule has 4 nitrogen and oxygen atoms in total. The van der Waals surface area contributed by atoms with E-state index in [0.29, 0.717) is 11.5 Å². The molecule has 0 atom stereocenters. The Morgan fingerprint density at radius 3 is 2.44 bits per heavy atom. The molecule has 1 aliphatic carbocycles. The highest BCUT2D eigenvalue weighted by atomic mass is 16.5. The van der Waals surface area contributed by atoms with E-state index in [1.54, 1.807) is 34.3 Å². The summed E-state index contributed by atoms with van der Waals surface area (Å²) in [7, 11) is 4.95. The van der Waals surface area contributed by atoms with Gasteiger partial charge in [0, 0.05) is 5.56 Å². The molecule has 4 heteroatoms. The largest absolute Gasteiger partial charge is 0.513 e. The number of unbranched alkanes of at least 4 members (excludes halogenated alkanes) is 1. The Balaban J connectivity index is 0.000000333. The fourth-order valence-electron chi connectivity index (χ4n) is 2.66. The van der Waals surface area contributed by atoms with Crippen molar-refractivity contribution in [3.8, 4) is 17.2 Å². The first kappa shape index (κ1) is 20.7. The van der Waals surface area contributed by atoms with Crippen molar-refractivity contribution in [2.24, 2.45) is 0 Å². The number of ether oxygens (including phenoxy) is 3. The van der Waals surface area contributed by atoms with E-state index < -0.39 is 0 Å². The molecule has 25 heavy (non-hydrogen) atoms. The van der Waals surface area contributed by atoms with Crippen LogP contribution in [0.5, 0.6) is 17.2 Å². The number of methoxy groups -OCH3 is 3. The maximum absolute atomic E-state index is 8.61. The van der Waals surface area contributed by atoms with Crippen LogP contribution in [0.15, 0.2) is 36.6 Å². The minimum absolute atomic E-state index is 0.395. The average molecular weight is 346 g/mol. The fourth-order valence-corrected chi connectivity index (χ4v) is 2.66. The Kier molecular flexibility index (Phi) is 9.30. The lowest BCUT2D eigenvalue weighted by atomic mass is 10.0. The molecule has 1 aliphatic rings. The Hall–Kier alpha value is -2.36. The Bertz CT molecular complexity index is 611. The molecule has 0 spiro atoms. The van der Waals surface area contributed by atoms with Crippen molar-refractivity contribution >= 4 is 6.08 Å². The molecule has 2 rings (SSSR count). The molecule has 0 radical (unpaired) electrons. The van der Waals surface area contributed by atoms with Crippen LogP contribution in [0.3, 0.4) is 0 Å². The quantitative estimate of drug-likeness (QED) is 0.421. The molecule has 1 N–H and O–H groups in total. The summed E-state index contributed by atoms with van der Waals surface area (Å²) in [4.78, 5) is 0. The van der Waals surface area contributed by atoms with Crippen molar-refractivity contribution in [3.63, 3.8) is 0 Å². The van der Waals surface area contributed by atoms with Crippen LogP contribution in [0.25, 0.3) is 6.08 Å². The van der Waals surface area contributed by atoms with Gasteiger partial charge < -0.3 is 19.3 Å². The monoisotopic (exact) mass is 346 g/mol. The molecule has 138 valence electrons. The van der Waals surface area contributed by atoms with Crippen LogP contribution in [-0.2, 0) is 6.42 Å². The van der Waals surface area contributed by atoms with Crippen molar-refractivity contribution in [2.75, 3.05) is 21.3 Å². The van der Waals surface area contributed by atoms with Crippen LogP contribution >= 0.6 is 0 Å². The van der Waals surface area contributed by atoms with Crippen LogP contribution in [0.2, 0.25) is 0 Å². The van der Waals surface area contributed by atoms with Gasteiger partial charge in [0.15, 0.2) is 11.5 Å². The summed E-state index contributed by atoms with van der Waals surface area (Å²) >= 11 is 0. The van der Waals surface area contributed by atoms with Crippen LogP contribution in [0.1, 0.15) is 43.7 Å². The van der Waals surface area contributed by atoms with Gasteiger partial charge in [-0.3, -0.25) is 0 Å². The van der Waals surface area contributed by atoms with E-state index in [4.69, 9.17) is 19.3 Å². The SMILES string of the molecule is C=CCC/C=C(\C)O.COc1cc2c(c(OC)c1OC)CCCC=C2. The molecule has 0 bridgehead atoms. The van der Waals surface area contributed by atoms with Gasteiger partial charge in [-0.1, -0.05) is 18.2 Å². The van der Waals surface area contributed by atoms with Crippen molar-refractivity contribution in [3.05, 3.63) is 47.8 Å². The first-order valence-corrected chi connectivity index (χ1v) is 8.54. The molecule has 0 saturated heterocycles. The first-order chi connectivity index (χ1) is 12.1. The lowest BCUT2D eigenvalue weighted by molar-refractivity contribution is 0.322. The zero-order chi connectivity index (χ0) is 18.7. The van der Waals surface area contributed by atoms with E-state index in [1.807, 2.05) is 12.1 Å². The molecule has 0 aliphatic heterocycles. The summed E-state index contributed by atoms with van der Waals surface area (Å²) in [5.74, 6) is 2.60. The highest BCUT2D eigenvalue weighted by molar-refractivity contribution is 5.67. The van der Waals surface area contributed by atoms with Crippen molar-refractivity contribution in [1.29, 1.82) is 0 Å². The van der Waals surface area contributed by atoms with Gasteiger partial charge in [0.1, 0.15) is 0 Å². The standard InChI is InChI=1S/C14H18O3.C7H12O/c1-15-12-9-10-7-5-4-6-8-11(10)13(16-2)14(12)17-3;1-3-4-5-6-7(2)8/h5,7,9H,4,6,8H2,1-3H3;3,6,8H,1,4-5H2,2H3/b;7-6+. The number of benzene rings is 1. The second-order valence-corrected chi connectivity index (χ2v) is 5.72. The van der Waals surface area contributed by atoms with Crippen molar-refractivity contribution in [1.82, 2.24) is 0 Å². The zero-order valence-corrected chi connectivity index (χ0v) is 15.8. The number of aliphatic hydroxyl groups is 1. The third-order valence-electron chi connectivity index (χ3n) is 3.87. The smallest absolute Gasteiger partial charge is 0.203 e. The molecule has 0 saturated carbocycles. The number of allylic oxidation sites excluding steroid dienone is 4. The zero-order valence-electron chi connectivity index (χ0n) is 15.8. The molecule has 0 amide bonds. The maximum Gasteiger partial charge on any atom is 0.203 e. The summed E-state index contributed by atoms with van der Waals surface area (Å²) in [6.07, 6.45) is 13.0. The van der Waals surface area contributed by atoms with Crippen molar-refractivity contribution in [2.45, 2.75) is 39.0 Å². The van der Waals surface area contributed by atoms with Crippen LogP contribution in [-0.4, -0.2) is 26.4 Å². The number of aliphatic hydroxyl groups excluding tert-OH is 1. The summed E-state index contributed by atoms with van der Waals surface area (Å²) < 4.78 is 16.2. The van der Waals surface area contributed by atoms with Gasteiger partial charge in [0.25, 0.3) is 0 Å². The molecule has 1 aromatic carbocycles. The van der Waals surface area contributed by atoms with E-state index in [0.717, 1.165) is 49.2 Å². The second-order valence-electron chi connectivity index (χ2n) is 5.72. The molecule has 1 aromatic rings. The predicted molar refractivity (Wildman–Crippen MR) is 104 cm³/mol. The summed E-state index contributed by atoms with van der Waals surface area (Å²) in [5.41, 5.74) is 2.37. The topological polar surface area (TPSA) is 47.9 Å². The first-order valence-electron chi connectivity index (χ1n) is 8.54.